The summed E-state index contributed by atoms with van der Waals surface area (Å²) in [6, 6.07) is 6.64. The first-order chi connectivity index (χ1) is 10.4. The molecular weight excluding hydrogens is 296 g/mol. The molecule has 0 aliphatic carbocycles. The first-order valence-corrected chi connectivity index (χ1v) is 8.13. The van der Waals surface area contributed by atoms with Crippen LogP contribution in [0.1, 0.15) is 37.6 Å². The topological polar surface area (TPSA) is 51.2 Å². The Balaban J connectivity index is 0.000000217. The fourth-order valence-corrected chi connectivity index (χ4v) is 2.85. The Bertz CT molecular complexity index is 644. The summed E-state index contributed by atoms with van der Waals surface area (Å²) in [5.41, 5.74) is 4.87. The van der Waals surface area contributed by atoms with Crippen LogP contribution >= 0.6 is 11.3 Å². The average Bonchev–Trinajstić information content (AvgIpc) is 3.05. The third-order valence-electron chi connectivity index (χ3n) is 3.10. The Morgan fingerprint density at radius 3 is 2.55 bits per heavy atom. The van der Waals surface area contributed by atoms with Gasteiger partial charge in [-0.3, -0.25) is 4.79 Å². The average molecular weight is 318 g/mol. The third kappa shape index (κ3) is 4.64. The number of fused-ring (bicyclic) bond motifs is 1. The summed E-state index contributed by atoms with van der Waals surface area (Å²) in [6.07, 6.45) is 0. The van der Waals surface area contributed by atoms with Crippen molar-refractivity contribution < 1.29 is 9.53 Å². The lowest BCUT2D eigenvalue weighted by atomic mass is 10.1. The second-order valence-corrected chi connectivity index (χ2v) is 7.07. The maximum absolute atomic E-state index is 9.60. The van der Waals surface area contributed by atoms with Crippen molar-refractivity contribution in [2.45, 2.75) is 46.4 Å². The Hall–Kier alpha value is -1.72. The standard InChI is InChI=1S/C12H12N2S.C5H10O2/c1-8-7-15-12(14-8)9-2-3-10-5-13-6-11(10)4-9;1-5(2,3)7-4-6/h2-4,7,13H,5-6H2,1H3;4H,1-3H3. The smallest absolute Gasteiger partial charge is 0.293 e. The minimum atomic E-state index is -0.318. The molecule has 0 fully saturated rings. The largest absolute Gasteiger partial charge is 0.462 e. The first kappa shape index (κ1) is 16.6. The molecule has 2 heterocycles. The molecule has 1 aromatic carbocycles. The summed E-state index contributed by atoms with van der Waals surface area (Å²) < 4.78 is 4.55. The summed E-state index contributed by atoms with van der Waals surface area (Å²) in [4.78, 5) is 14.1. The maximum atomic E-state index is 9.60. The fraction of sp³-hybridized carbons (Fsp3) is 0.412. The normalized spacial score (nSPS) is 13.1. The maximum Gasteiger partial charge on any atom is 0.293 e. The fourth-order valence-electron chi connectivity index (χ4n) is 2.06. The second-order valence-electron chi connectivity index (χ2n) is 6.21. The van der Waals surface area contributed by atoms with Gasteiger partial charge in [0, 0.05) is 29.7 Å². The molecule has 3 rings (SSSR count). The molecule has 0 bridgehead atoms. The van der Waals surface area contributed by atoms with Gasteiger partial charge in [-0.2, -0.15) is 0 Å². The lowest BCUT2D eigenvalue weighted by Gasteiger charge is -2.14. The van der Waals surface area contributed by atoms with Crippen LogP contribution in [0.5, 0.6) is 0 Å². The van der Waals surface area contributed by atoms with Crippen molar-refractivity contribution in [2.24, 2.45) is 0 Å². The third-order valence-corrected chi connectivity index (χ3v) is 4.11. The van der Waals surface area contributed by atoms with Crippen LogP contribution in [0, 0.1) is 6.92 Å². The van der Waals surface area contributed by atoms with Gasteiger partial charge in [-0.25, -0.2) is 4.98 Å². The highest BCUT2D eigenvalue weighted by Gasteiger charge is 2.11. The van der Waals surface area contributed by atoms with E-state index in [9.17, 15) is 4.79 Å². The number of rotatable bonds is 2. The van der Waals surface area contributed by atoms with Crippen molar-refractivity contribution in [3.63, 3.8) is 0 Å². The van der Waals surface area contributed by atoms with Gasteiger partial charge >= 0.3 is 0 Å². The molecule has 1 aromatic heterocycles. The molecule has 0 atom stereocenters. The van der Waals surface area contributed by atoms with Gasteiger partial charge in [-0.15, -0.1) is 11.3 Å². The van der Waals surface area contributed by atoms with Crippen LogP contribution in [0.4, 0.5) is 0 Å². The quantitative estimate of drug-likeness (QED) is 0.858. The van der Waals surface area contributed by atoms with Crippen molar-refractivity contribution in [3.8, 4) is 10.6 Å². The van der Waals surface area contributed by atoms with Gasteiger partial charge in [-0.1, -0.05) is 12.1 Å². The Kier molecular flexibility index (Phi) is 5.32. The summed E-state index contributed by atoms with van der Waals surface area (Å²) in [7, 11) is 0. The molecule has 0 saturated heterocycles. The SMILES string of the molecule is CC(C)(C)OC=O.Cc1csc(-c2ccc3c(c2)CNC3)n1. The van der Waals surface area contributed by atoms with Crippen LogP contribution in [0.3, 0.4) is 0 Å². The predicted molar refractivity (Wildman–Crippen MR) is 89.7 cm³/mol. The molecule has 4 nitrogen and oxygen atoms in total. The lowest BCUT2D eigenvalue weighted by molar-refractivity contribution is -0.138. The van der Waals surface area contributed by atoms with Gasteiger partial charge in [0.2, 0.25) is 0 Å². The highest BCUT2D eigenvalue weighted by Crippen LogP contribution is 2.27. The lowest BCUT2D eigenvalue weighted by Crippen LogP contribution is -2.17. The van der Waals surface area contributed by atoms with Crippen LogP contribution in [-0.2, 0) is 22.6 Å². The Morgan fingerprint density at radius 1 is 1.27 bits per heavy atom. The molecule has 0 saturated carbocycles. The van der Waals surface area contributed by atoms with Gasteiger partial charge in [0.1, 0.15) is 10.6 Å². The van der Waals surface area contributed by atoms with E-state index in [1.807, 2.05) is 27.7 Å². The minimum Gasteiger partial charge on any atom is -0.462 e. The molecule has 1 N–H and O–H groups in total. The summed E-state index contributed by atoms with van der Waals surface area (Å²) >= 11 is 1.72. The van der Waals surface area contributed by atoms with Gasteiger partial charge in [0.05, 0.1) is 0 Å². The van der Waals surface area contributed by atoms with Crippen LogP contribution in [-0.4, -0.2) is 17.1 Å². The molecule has 22 heavy (non-hydrogen) atoms. The van der Waals surface area contributed by atoms with Crippen molar-refractivity contribution in [2.75, 3.05) is 0 Å². The molecule has 0 radical (unpaired) electrons. The zero-order valence-electron chi connectivity index (χ0n) is 13.5. The van der Waals surface area contributed by atoms with E-state index in [1.165, 1.54) is 16.7 Å². The van der Waals surface area contributed by atoms with Crippen LogP contribution in [0.15, 0.2) is 23.6 Å². The highest BCUT2D eigenvalue weighted by atomic mass is 32.1. The monoisotopic (exact) mass is 318 g/mol. The Morgan fingerprint density at radius 2 is 2.00 bits per heavy atom. The number of nitrogens with zero attached hydrogens (tertiary/aromatic N) is 1. The van der Waals surface area contributed by atoms with E-state index in [0.717, 1.165) is 23.8 Å². The number of nitrogens with one attached hydrogen (secondary N) is 1. The van der Waals surface area contributed by atoms with Crippen molar-refractivity contribution in [1.82, 2.24) is 10.3 Å². The number of benzene rings is 1. The van der Waals surface area contributed by atoms with E-state index in [0.29, 0.717) is 6.47 Å². The molecular formula is C17H22N2O2S. The first-order valence-electron chi connectivity index (χ1n) is 7.25. The van der Waals surface area contributed by atoms with Crippen molar-refractivity contribution in [3.05, 3.63) is 40.4 Å². The van der Waals surface area contributed by atoms with E-state index in [4.69, 9.17) is 0 Å². The molecule has 2 aromatic rings. The van der Waals surface area contributed by atoms with E-state index >= 15 is 0 Å². The van der Waals surface area contributed by atoms with Crippen molar-refractivity contribution in [1.29, 1.82) is 0 Å². The van der Waals surface area contributed by atoms with Crippen LogP contribution in [0.25, 0.3) is 10.6 Å². The van der Waals surface area contributed by atoms with Crippen LogP contribution in [0.2, 0.25) is 0 Å². The van der Waals surface area contributed by atoms with Gasteiger partial charge < -0.3 is 10.1 Å². The summed E-state index contributed by atoms with van der Waals surface area (Å²) in [5.74, 6) is 0. The second kappa shape index (κ2) is 7.03. The van der Waals surface area contributed by atoms with Crippen LogP contribution < -0.4 is 5.32 Å². The minimum absolute atomic E-state index is 0.318. The zero-order valence-corrected chi connectivity index (χ0v) is 14.3. The Labute approximate surface area is 135 Å². The number of thiazole rings is 1. The van der Waals surface area contributed by atoms with Crippen molar-refractivity contribution >= 4 is 17.8 Å². The van der Waals surface area contributed by atoms with Gasteiger partial charge in [0.15, 0.2) is 0 Å². The summed E-state index contributed by atoms with van der Waals surface area (Å²) in [5, 5.41) is 6.58. The molecule has 1 aliphatic rings. The number of carbonyl (C=O) groups is 1. The molecule has 1 aliphatic heterocycles. The number of aromatic nitrogens is 1. The number of hydrogen-bond acceptors (Lipinski definition) is 5. The highest BCUT2D eigenvalue weighted by molar-refractivity contribution is 7.13. The van der Waals surface area contributed by atoms with E-state index < -0.39 is 0 Å². The molecule has 0 spiro atoms. The van der Waals surface area contributed by atoms with E-state index in [-0.39, 0.29) is 5.60 Å². The van der Waals surface area contributed by atoms with E-state index in [2.05, 4.69) is 38.6 Å². The van der Waals surface area contributed by atoms with Gasteiger partial charge in [-0.05, 0) is 44.9 Å². The van der Waals surface area contributed by atoms with E-state index in [1.54, 1.807) is 11.3 Å². The molecule has 118 valence electrons. The number of carbonyl (C=O) groups excluding carboxylic acids is 1. The molecule has 0 unspecified atom stereocenters. The molecule has 0 amide bonds. The number of hydrogen-bond donors (Lipinski definition) is 1. The zero-order chi connectivity index (χ0) is 16.2. The number of ether oxygens (including phenoxy) is 1. The predicted octanol–water partition coefficient (Wildman–Crippen LogP) is 3.68. The van der Waals surface area contributed by atoms with Gasteiger partial charge in [0.25, 0.3) is 6.47 Å². The number of aryl methyl sites for hydroxylation is 1. The summed E-state index contributed by atoms with van der Waals surface area (Å²) in [6.45, 7) is 9.96. The molecule has 5 heteroatoms.